The largest absolute Gasteiger partial charge is 0.496 e. The van der Waals surface area contributed by atoms with Crippen molar-refractivity contribution in [3.8, 4) is 5.75 Å². The van der Waals surface area contributed by atoms with Crippen molar-refractivity contribution in [2.24, 2.45) is 0 Å². The number of aliphatic carboxylic acids is 1. The Hall–Kier alpha value is -3.68. The number of carboxylic acid groups (broad SMARTS) is 1. The summed E-state index contributed by atoms with van der Waals surface area (Å²) in [4.78, 5) is 41.1. The summed E-state index contributed by atoms with van der Waals surface area (Å²) in [5, 5.41) is 12.2. The van der Waals surface area contributed by atoms with Crippen LogP contribution in [0, 0.1) is 6.92 Å². The number of benzene rings is 2. The van der Waals surface area contributed by atoms with Crippen LogP contribution in [0.2, 0.25) is 0 Å². The molecule has 0 fully saturated rings. The first-order valence-electron chi connectivity index (χ1n) is 9.50. The number of rotatable bonds is 8. The van der Waals surface area contributed by atoms with Gasteiger partial charge in [0.1, 0.15) is 18.1 Å². The molecule has 0 saturated carbocycles. The highest BCUT2D eigenvalue weighted by molar-refractivity contribution is 5.82. The Kier molecular flexibility index (Phi) is 6.46. The van der Waals surface area contributed by atoms with Crippen molar-refractivity contribution in [2.45, 2.75) is 32.9 Å². The van der Waals surface area contributed by atoms with Gasteiger partial charge >= 0.3 is 5.97 Å². The van der Waals surface area contributed by atoms with E-state index in [-0.39, 0.29) is 43.2 Å². The molecule has 0 saturated heterocycles. The zero-order chi connectivity index (χ0) is 21.7. The van der Waals surface area contributed by atoms with E-state index >= 15 is 0 Å². The van der Waals surface area contributed by atoms with Gasteiger partial charge in [-0.05, 0) is 24.6 Å². The Morgan fingerprint density at radius 1 is 1.17 bits per heavy atom. The summed E-state index contributed by atoms with van der Waals surface area (Å²) < 4.78 is 6.53. The van der Waals surface area contributed by atoms with E-state index in [2.05, 4.69) is 10.3 Å². The second-order valence-electron chi connectivity index (χ2n) is 6.87. The van der Waals surface area contributed by atoms with E-state index in [0.29, 0.717) is 16.7 Å². The van der Waals surface area contributed by atoms with Crippen LogP contribution in [0.15, 0.2) is 47.3 Å². The molecule has 0 radical (unpaired) electrons. The van der Waals surface area contributed by atoms with Crippen LogP contribution in [0.1, 0.15) is 23.4 Å². The molecule has 3 rings (SSSR count). The summed E-state index contributed by atoms with van der Waals surface area (Å²) in [6.45, 7) is 1.82. The molecule has 1 amide bonds. The van der Waals surface area contributed by atoms with E-state index in [4.69, 9.17) is 9.84 Å². The fraction of sp³-hybridized carbons (Fsp3) is 0.273. The van der Waals surface area contributed by atoms with E-state index in [9.17, 15) is 14.4 Å². The molecule has 2 aromatic carbocycles. The molecule has 156 valence electrons. The maximum atomic E-state index is 13.0. The van der Waals surface area contributed by atoms with Crippen LogP contribution in [0.3, 0.4) is 0 Å². The number of hydrogen-bond acceptors (Lipinski definition) is 5. The number of methoxy groups -OCH3 is 1. The third-order valence-corrected chi connectivity index (χ3v) is 4.80. The Morgan fingerprint density at radius 2 is 1.93 bits per heavy atom. The van der Waals surface area contributed by atoms with Gasteiger partial charge in [0, 0.05) is 18.5 Å². The Balaban J connectivity index is 1.88. The number of aromatic nitrogens is 2. The van der Waals surface area contributed by atoms with Crippen LogP contribution in [0.4, 0.5) is 0 Å². The lowest BCUT2D eigenvalue weighted by molar-refractivity contribution is -0.137. The first-order valence-corrected chi connectivity index (χ1v) is 9.50. The van der Waals surface area contributed by atoms with Gasteiger partial charge in [-0.25, -0.2) is 4.98 Å². The van der Waals surface area contributed by atoms with Crippen molar-refractivity contribution < 1.29 is 19.4 Å². The maximum Gasteiger partial charge on any atom is 0.303 e. The standard InChI is InChI=1S/C22H23N3O5/c1-14-6-5-8-16-21(14)24-18(10-11-20(27)28)25(22(16)29)13-19(26)23-12-15-7-3-4-9-17(15)30-2/h3-9H,10-13H2,1-2H3,(H,23,26)(H,27,28). The number of fused-ring (bicyclic) bond motifs is 1. The Bertz CT molecular complexity index is 1150. The first-order chi connectivity index (χ1) is 14.4. The Morgan fingerprint density at radius 3 is 2.67 bits per heavy atom. The summed E-state index contributed by atoms with van der Waals surface area (Å²) in [5.74, 6) is -0.453. The fourth-order valence-corrected chi connectivity index (χ4v) is 3.25. The van der Waals surface area contributed by atoms with Gasteiger partial charge in [0.15, 0.2) is 0 Å². The molecule has 0 aliphatic carbocycles. The number of aryl methyl sites for hydroxylation is 2. The molecule has 0 atom stereocenters. The fourth-order valence-electron chi connectivity index (χ4n) is 3.25. The van der Waals surface area contributed by atoms with E-state index < -0.39 is 5.97 Å². The highest BCUT2D eigenvalue weighted by Gasteiger charge is 2.16. The van der Waals surface area contributed by atoms with Crippen LogP contribution in [-0.2, 0) is 29.1 Å². The number of amides is 1. The van der Waals surface area contributed by atoms with Gasteiger partial charge in [-0.1, -0.05) is 30.3 Å². The van der Waals surface area contributed by atoms with Gasteiger partial charge in [0.25, 0.3) is 5.56 Å². The molecule has 3 aromatic rings. The zero-order valence-corrected chi connectivity index (χ0v) is 16.8. The molecule has 1 aromatic heterocycles. The molecule has 0 aliphatic heterocycles. The third kappa shape index (κ3) is 4.65. The highest BCUT2D eigenvalue weighted by atomic mass is 16.5. The van der Waals surface area contributed by atoms with Crippen molar-refractivity contribution in [3.05, 3.63) is 69.8 Å². The molecule has 1 heterocycles. The minimum Gasteiger partial charge on any atom is -0.496 e. The first kappa shape index (κ1) is 21.0. The average molecular weight is 409 g/mol. The van der Waals surface area contributed by atoms with Crippen LogP contribution in [0.5, 0.6) is 5.75 Å². The summed E-state index contributed by atoms with van der Waals surface area (Å²) in [5.41, 5.74) is 1.78. The number of carboxylic acids is 1. The number of carbonyl (C=O) groups excluding carboxylic acids is 1. The van der Waals surface area contributed by atoms with E-state index in [1.165, 1.54) is 4.57 Å². The molecule has 0 unspecified atom stereocenters. The zero-order valence-electron chi connectivity index (χ0n) is 16.8. The number of hydrogen-bond donors (Lipinski definition) is 2. The lowest BCUT2D eigenvalue weighted by Crippen LogP contribution is -2.34. The van der Waals surface area contributed by atoms with Crippen LogP contribution < -0.4 is 15.6 Å². The van der Waals surface area contributed by atoms with Gasteiger partial charge in [-0.2, -0.15) is 0 Å². The predicted molar refractivity (Wildman–Crippen MR) is 112 cm³/mol. The molecule has 0 aliphatic rings. The van der Waals surface area contributed by atoms with Crippen LogP contribution in [0.25, 0.3) is 10.9 Å². The van der Waals surface area contributed by atoms with E-state index in [0.717, 1.165) is 11.1 Å². The minimum atomic E-state index is -0.999. The van der Waals surface area contributed by atoms with Crippen LogP contribution in [-0.4, -0.2) is 33.6 Å². The number of para-hydroxylation sites is 2. The summed E-state index contributed by atoms with van der Waals surface area (Å²) in [6, 6.07) is 12.6. The van der Waals surface area contributed by atoms with Gasteiger partial charge in [0.05, 0.1) is 24.4 Å². The number of carbonyl (C=O) groups is 2. The molecule has 0 bridgehead atoms. The predicted octanol–water partition coefficient (Wildman–Crippen LogP) is 2.05. The number of nitrogens with one attached hydrogen (secondary N) is 1. The SMILES string of the molecule is COc1ccccc1CNC(=O)Cn1c(CCC(=O)O)nc2c(C)cccc2c1=O. The van der Waals surface area contributed by atoms with Crippen molar-refractivity contribution >= 4 is 22.8 Å². The second-order valence-corrected chi connectivity index (χ2v) is 6.87. The van der Waals surface area contributed by atoms with E-state index in [1.807, 2.05) is 31.2 Å². The molecular formula is C22H23N3O5. The number of nitrogens with zero attached hydrogens (tertiary/aromatic N) is 2. The molecule has 8 nitrogen and oxygen atoms in total. The topological polar surface area (TPSA) is 111 Å². The lowest BCUT2D eigenvalue weighted by Gasteiger charge is -2.14. The average Bonchev–Trinajstić information content (AvgIpc) is 2.73. The van der Waals surface area contributed by atoms with Gasteiger partial charge < -0.3 is 15.2 Å². The minimum absolute atomic E-state index is 0.0502. The normalized spacial score (nSPS) is 10.7. The Labute approximate surface area is 173 Å². The van der Waals surface area contributed by atoms with Crippen molar-refractivity contribution in [1.29, 1.82) is 0 Å². The lowest BCUT2D eigenvalue weighted by atomic mass is 10.1. The molecule has 0 spiro atoms. The van der Waals surface area contributed by atoms with Crippen molar-refractivity contribution in [1.82, 2.24) is 14.9 Å². The van der Waals surface area contributed by atoms with Gasteiger partial charge in [-0.15, -0.1) is 0 Å². The monoisotopic (exact) mass is 409 g/mol. The van der Waals surface area contributed by atoms with E-state index in [1.54, 1.807) is 25.3 Å². The van der Waals surface area contributed by atoms with Crippen molar-refractivity contribution in [3.63, 3.8) is 0 Å². The second kappa shape index (κ2) is 9.21. The summed E-state index contributed by atoms with van der Waals surface area (Å²) in [6.07, 6.45) is -0.138. The van der Waals surface area contributed by atoms with Crippen LogP contribution >= 0.6 is 0 Å². The van der Waals surface area contributed by atoms with Crippen molar-refractivity contribution in [2.75, 3.05) is 7.11 Å². The smallest absolute Gasteiger partial charge is 0.303 e. The molecule has 2 N–H and O–H groups in total. The molecule has 8 heteroatoms. The highest BCUT2D eigenvalue weighted by Crippen LogP contribution is 2.17. The van der Waals surface area contributed by atoms with Gasteiger partial charge in [-0.3, -0.25) is 19.0 Å². The van der Waals surface area contributed by atoms with Gasteiger partial charge in [0.2, 0.25) is 5.91 Å². The third-order valence-electron chi connectivity index (χ3n) is 4.80. The molecule has 30 heavy (non-hydrogen) atoms. The molecular weight excluding hydrogens is 386 g/mol. The maximum absolute atomic E-state index is 13.0. The summed E-state index contributed by atoms with van der Waals surface area (Å²) in [7, 11) is 1.55. The quantitative estimate of drug-likeness (QED) is 0.589. The summed E-state index contributed by atoms with van der Waals surface area (Å²) >= 11 is 0. The number of ether oxygens (including phenoxy) is 1.